The molecule has 0 aliphatic rings. The number of guanidine groups is 1. The van der Waals surface area contributed by atoms with Crippen LogP contribution in [0.4, 0.5) is 0 Å². The highest BCUT2D eigenvalue weighted by Gasteiger charge is 1.98. The smallest absolute Gasteiger partial charge is 0.191 e. The fourth-order valence-electron chi connectivity index (χ4n) is 2.00. The summed E-state index contributed by atoms with van der Waals surface area (Å²) in [7, 11) is 1.79. The maximum absolute atomic E-state index is 4.23. The Morgan fingerprint density at radius 3 is 2.71 bits per heavy atom. The number of benzene rings is 1. The van der Waals surface area contributed by atoms with Gasteiger partial charge in [0.25, 0.3) is 0 Å². The number of nitrogens with one attached hydrogen (secondary N) is 2. The van der Waals surface area contributed by atoms with Crippen LogP contribution in [0.2, 0.25) is 0 Å². The molecule has 112 valence electrons. The van der Waals surface area contributed by atoms with Gasteiger partial charge in [-0.15, -0.1) is 0 Å². The van der Waals surface area contributed by atoms with Crippen molar-refractivity contribution in [3.05, 3.63) is 54.1 Å². The standard InChI is InChI=1S/C16H23N5/c1-14-4-6-15(7-5-14)12-20-16(17-2)19-8-3-10-21-11-9-18-13-21/h4-7,9,11,13H,3,8,10,12H2,1-2H3,(H2,17,19,20). The first kappa shape index (κ1) is 15.1. The Morgan fingerprint density at radius 1 is 1.24 bits per heavy atom. The fourth-order valence-corrected chi connectivity index (χ4v) is 2.00. The lowest BCUT2D eigenvalue weighted by Gasteiger charge is -2.12. The molecule has 0 radical (unpaired) electrons. The first-order chi connectivity index (χ1) is 10.3. The third-order valence-electron chi connectivity index (χ3n) is 3.25. The molecule has 1 aromatic heterocycles. The minimum atomic E-state index is 0.779. The maximum Gasteiger partial charge on any atom is 0.191 e. The second kappa shape index (κ2) is 8.09. The van der Waals surface area contributed by atoms with Gasteiger partial charge in [0.05, 0.1) is 6.33 Å². The van der Waals surface area contributed by atoms with Crippen LogP contribution in [0, 0.1) is 6.92 Å². The van der Waals surface area contributed by atoms with Crippen LogP contribution in [0.1, 0.15) is 17.5 Å². The van der Waals surface area contributed by atoms with Crippen LogP contribution in [-0.2, 0) is 13.1 Å². The molecule has 0 bridgehead atoms. The van der Waals surface area contributed by atoms with E-state index in [-0.39, 0.29) is 0 Å². The van der Waals surface area contributed by atoms with E-state index in [1.54, 1.807) is 13.2 Å². The highest BCUT2D eigenvalue weighted by molar-refractivity contribution is 5.79. The maximum atomic E-state index is 4.23. The summed E-state index contributed by atoms with van der Waals surface area (Å²) in [5.41, 5.74) is 2.53. The van der Waals surface area contributed by atoms with E-state index >= 15 is 0 Å². The number of aliphatic imine (C=N–C) groups is 1. The fraction of sp³-hybridized carbons (Fsp3) is 0.375. The Kier molecular flexibility index (Phi) is 5.82. The van der Waals surface area contributed by atoms with Gasteiger partial charge < -0.3 is 15.2 Å². The van der Waals surface area contributed by atoms with Crippen LogP contribution in [0.25, 0.3) is 0 Å². The summed E-state index contributed by atoms with van der Waals surface area (Å²) in [4.78, 5) is 8.26. The molecule has 0 saturated carbocycles. The predicted octanol–water partition coefficient (Wildman–Crippen LogP) is 1.95. The topological polar surface area (TPSA) is 54.2 Å². The van der Waals surface area contributed by atoms with Crippen molar-refractivity contribution in [3.63, 3.8) is 0 Å². The summed E-state index contributed by atoms with van der Waals surface area (Å²) in [6.45, 7) is 4.72. The van der Waals surface area contributed by atoms with E-state index in [0.29, 0.717) is 0 Å². The van der Waals surface area contributed by atoms with Gasteiger partial charge in [0, 0.05) is 39.1 Å². The number of hydrogen-bond donors (Lipinski definition) is 2. The normalized spacial score (nSPS) is 11.4. The molecular weight excluding hydrogens is 262 g/mol. The van der Waals surface area contributed by atoms with Crippen LogP contribution in [0.15, 0.2) is 48.0 Å². The van der Waals surface area contributed by atoms with E-state index in [9.17, 15) is 0 Å². The van der Waals surface area contributed by atoms with Gasteiger partial charge in [-0.25, -0.2) is 4.98 Å². The first-order valence-electron chi connectivity index (χ1n) is 7.24. The van der Waals surface area contributed by atoms with Gasteiger partial charge in [-0.05, 0) is 18.9 Å². The highest BCUT2D eigenvalue weighted by Crippen LogP contribution is 2.02. The highest BCUT2D eigenvalue weighted by atomic mass is 15.2. The van der Waals surface area contributed by atoms with Crippen LogP contribution in [-0.4, -0.2) is 29.1 Å². The number of imidazole rings is 1. The second-order valence-corrected chi connectivity index (χ2v) is 4.99. The van der Waals surface area contributed by atoms with E-state index < -0.39 is 0 Å². The number of hydrogen-bond acceptors (Lipinski definition) is 2. The van der Waals surface area contributed by atoms with Crippen LogP contribution < -0.4 is 10.6 Å². The molecule has 0 unspecified atom stereocenters. The van der Waals surface area contributed by atoms with Crippen molar-refractivity contribution in [2.45, 2.75) is 26.4 Å². The minimum Gasteiger partial charge on any atom is -0.356 e. The van der Waals surface area contributed by atoms with Gasteiger partial charge >= 0.3 is 0 Å². The second-order valence-electron chi connectivity index (χ2n) is 4.99. The lowest BCUT2D eigenvalue weighted by atomic mass is 10.1. The molecule has 2 rings (SSSR count). The van der Waals surface area contributed by atoms with Crippen molar-refractivity contribution in [1.29, 1.82) is 0 Å². The molecule has 1 aromatic carbocycles. The SMILES string of the molecule is CN=C(NCCCn1ccnc1)NCc1ccc(C)cc1. The van der Waals surface area contributed by atoms with Crippen molar-refractivity contribution in [2.24, 2.45) is 4.99 Å². The van der Waals surface area contributed by atoms with Gasteiger partial charge in [-0.3, -0.25) is 4.99 Å². The average Bonchev–Trinajstić information content (AvgIpc) is 3.01. The van der Waals surface area contributed by atoms with E-state index in [0.717, 1.165) is 32.0 Å². The molecule has 1 heterocycles. The summed E-state index contributed by atoms with van der Waals surface area (Å²) in [5, 5.41) is 6.64. The lowest BCUT2D eigenvalue weighted by molar-refractivity contribution is 0.624. The number of rotatable bonds is 6. The number of aryl methyl sites for hydroxylation is 2. The third kappa shape index (κ3) is 5.30. The lowest BCUT2D eigenvalue weighted by Crippen LogP contribution is -2.37. The molecule has 0 amide bonds. The summed E-state index contributed by atoms with van der Waals surface area (Å²) in [6, 6.07) is 8.51. The average molecular weight is 285 g/mol. The van der Waals surface area contributed by atoms with E-state index in [2.05, 4.69) is 56.4 Å². The zero-order valence-corrected chi connectivity index (χ0v) is 12.7. The van der Waals surface area contributed by atoms with Crippen LogP contribution >= 0.6 is 0 Å². The Bertz CT molecular complexity index is 543. The largest absolute Gasteiger partial charge is 0.356 e. The van der Waals surface area contributed by atoms with Gasteiger partial charge in [0.2, 0.25) is 0 Å². The van der Waals surface area contributed by atoms with E-state index in [4.69, 9.17) is 0 Å². The van der Waals surface area contributed by atoms with Gasteiger partial charge in [0.15, 0.2) is 5.96 Å². The van der Waals surface area contributed by atoms with Crippen molar-refractivity contribution >= 4 is 5.96 Å². The molecule has 2 aromatic rings. The Morgan fingerprint density at radius 2 is 2.05 bits per heavy atom. The molecule has 0 spiro atoms. The van der Waals surface area contributed by atoms with Gasteiger partial charge in [-0.2, -0.15) is 0 Å². The molecule has 2 N–H and O–H groups in total. The van der Waals surface area contributed by atoms with E-state index in [1.807, 2.05) is 12.5 Å². The molecule has 5 nitrogen and oxygen atoms in total. The molecule has 21 heavy (non-hydrogen) atoms. The molecule has 0 saturated heterocycles. The summed E-state index contributed by atoms with van der Waals surface area (Å²) < 4.78 is 2.07. The van der Waals surface area contributed by atoms with Gasteiger partial charge in [0.1, 0.15) is 0 Å². The van der Waals surface area contributed by atoms with Crippen LogP contribution in [0.5, 0.6) is 0 Å². The monoisotopic (exact) mass is 285 g/mol. The number of nitrogens with zero attached hydrogens (tertiary/aromatic N) is 3. The zero-order chi connectivity index (χ0) is 14.9. The van der Waals surface area contributed by atoms with Crippen molar-refractivity contribution in [1.82, 2.24) is 20.2 Å². The third-order valence-corrected chi connectivity index (χ3v) is 3.25. The van der Waals surface area contributed by atoms with Gasteiger partial charge in [-0.1, -0.05) is 29.8 Å². The summed E-state index contributed by atoms with van der Waals surface area (Å²) >= 11 is 0. The van der Waals surface area contributed by atoms with E-state index in [1.165, 1.54) is 11.1 Å². The number of aromatic nitrogens is 2. The van der Waals surface area contributed by atoms with Crippen molar-refractivity contribution < 1.29 is 0 Å². The quantitative estimate of drug-likeness (QED) is 0.484. The minimum absolute atomic E-state index is 0.779. The Hall–Kier alpha value is -2.30. The predicted molar refractivity (Wildman–Crippen MR) is 86.2 cm³/mol. The van der Waals surface area contributed by atoms with Crippen molar-refractivity contribution in [3.8, 4) is 0 Å². The summed E-state index contributed by atoms with van der Waals surface area (Å²) in [6.07, 6.45) is 6.64. The van der Waals surface area contributed by atoms with Crippen molar-refractivity contribution in [2.75, 3.05) is 13.6 Å². The Balaban J connectivity index is 1.67. The Labute approximate surface area is 126 Å². The first-order valence-corrected chi connectivity index (χ1v) is 7.24. The molecule has 0 atom stereocenters. The molecule has 0 aliphatic heterocycles. The molecule has 0 aliphatic carbocycles. The molecule has 0 fully saturated rings. The summed E-state index contributed by atoms with van der Waals surface area (Å²) in [5.74, 6) is 0.834. The van der Waals surface area contributed by atoms with Crippen LogP contribution in [0.3, 0.4) is 0 Å². The molecule has 5 heteroatoms. The zero-order valence-electron chi connectivity index (χ0n) is 12.7. The molecular formula is C16H23N5.